The van der Waals surface area contributed by atoms with Crippen LogP contribution in [0.3, 0.4) is 0 Å². The van der Waals surface area contributed by atoms with Crippen LogP contribution in [0, 0.1) is 10.1 Å². The molecule has 1 aromatic carbocycles. The van der Waals surface area contributed by atoms with Crippen molar-refractivity contribution in [1.82, 2.24) is 0 Å². The molecule has 0 aromatic heterocycles. The lowest BCUT2D eigenvalue weighted by Gasteiger charge is -2.05. The predicted molar refractivity (Wildman–Crippen MR) is 57.7 cm³/mol. The standard InChI is InChI=1S/C9H13N3O3/c10-8-6-7(11-4-1-5-13)2-3-9(8)12(14)15/h2-3,6,11,13H,1,4-5,10H2. The highest BCUT2D eigenvalue weighted by atomic mass is 16.6. The molecule has 0 unspecified atom stereocenters. The number of anilines is 2. The van der Waals surface area contributed by atoms with Crippen LogP contribution in [0.1, 0.15) is 6.42 Å². The second-order valence-electron chi connectivity index (χ2n) is 3.03. The van der Waals surface area contributed by atoms with Crippen LogP contribution in [0.2, 0.25) is 0 Å². The summed E-state index contributed by atoms with van der Waals surface area (Å²) in [5.41, 5.74) is 6.25. The zero-order valence-electron chi connectivity index (χ0n) is 8.14. The third kappa shape index (κ3) is 3.10. The minimum Gasteiger partial charge on any atom is -0.396 e. The molecular formula is C9H13N3O3. The molecule has 0 bridgehead atoms. The fourth-order valence-corrected chi connectivity index (χ4v) is 1.14. The Morgan fingerprint density at radius 3 is 2.80 bits per heavy atom. The average molecular weight is 211 g/mol. The zero-order valence-corrected chi connectivity index (χ0v) is 8.14. The number of nitro benzene ring substituents is 1. The fourth-order valence-electron chi connectivity index (χ4n) is 1.14. The maximum absolute atomic E-state index is 10.5. The molecule has 0 heterocycles. The SMILES string of the molecule is Nc1cc(NCCCO)ccc1[N+](=O)[O-]. The molecule has 1 aromatic rings. The number of nitrogen functional groups attached to an aromatic ring is 1. The average Bonchev–Trinajstić information content (AvgIpc) is 2.17. The first-order chi connectivity index (χ1) is 7.15. The van der Waals surface area contributed by atoms with Crippen molar-refractivity contribution < 1.29 is 10.0 Å². The number of nitrogens with one attached hydrogen (secondary N) is 1. The molecule has 0 fully saturated rings. The van der Waals surface area contributed by atoms with E-state index in [9.17, 15) is 10.1 Å². The molecule has 6 nitrogen and oxygen atoms in total. The molecule has 0 amide bonds. The fraction of sp³-hybridized carbons (Fsp3) is 0.333. The Balaban J connectivity index is 2.69. The predicted octanol–water partition coefficient (Wildman–Crippen LogP) is 0.971. The molecule has 0 saturated carbocycles. The minimum absolute atomic E-state index is 0.0947. The molecule has 15 heavy (non-hydrogen) atoms. The van der Waals surface area contributed by atoms with Gasteiger partial charge in [-0.25, -0.2) is 0 Å². The van der Waals surface area contributed by atoms with Gasteiger partial charge in [-0.05, 0) is 18.6 Å². The number of nitrogens with zero attached hydrogens (tertiary/aromatic N) is 1. The summed E-state index contributed by atoms with van der Waals surface area (Å²) in [6.45, 7) is 0.712. The molecule has 0 aliphatic heterocycles. The van der Waals surface area contributed by atoms with Gasteiger partial charge in [0.25, 0.3) is 5.69 Å². The molecule has 82 valence electrons. The topological polar surface area (TPSA) is 101 Å². The Labute approximate surface area is 86.9 Å². The molecule has 1 rings (SSSR count). The van der Waals surface area contributed by atoms with E-state index in [0.29, 0.717) is 18.7 Å². The van der Waals surface area contributed by atoms with E-state index in [1.807, 2.05) is 0 Å². The van der Waals surface area contributed by atoms with E-state index in [2.05, 4.69) is 5.32 Å². The summed E-state index contributed by atoms with van der Waals surface area (Å²) in [5.74, 6) is 0. The van der Waals surface area contributed by atoms with E-state index < -0.39 is 4.92 Å². The van der Waals surface area contributed by atoms with Gasteiger partial charge in [-0.1, -0.05) is 0 Å². The van der Waals surface area contributed by atoms with E-state index >= 15 is 0 Å². The summed E-state index contributed by atoms with van der Waals surface area (Å²) in [6, 6.07) is 4.46. The van der Waals surface area contributed by atoms with Gasteiger partial charge in [0.2, 0.25) is 0 Å². The number of nitro groups is 1. The Kier molecular flexibility index (Phi) is 3.87. The monoisotopic (exact) mass is 211 g/mol. The van der Waals surface area contributed by atoms with Crippen LogP contribution < -0.4 is 11.1 Å². The Bertz CT molecular complexity index is 354. The van der Waals surface area contributed by atoms with Crippen molar-refractivity contribution in [3.05, 3.63) is 28.3 Å². The van der Waals surface area contributed by atoms with Gasteiger partial charge in [-0.3, -0.25) is 10.1 Å². The van der Waals surface area contributed by atoms with Crippen molar-refractivity contribution in [2.45, 2.75) is 6.42 Å². The van der Waals surface area contributed by atoms with Crippen LogP contribution >= 0.6 is 0 Å². The third-order valence-electron chi connectivity index (χ3n) is 1.89. The molecule has 0 aliphatic rings. The summed E-state index contributed by atoms with van der Waals surface area (Å²) < 4.78 is 0. The van der Waals surface area contributed by atoms with Crippen molar-refractivity contribution in [3.63, 3.8) is 0 Å². The molecule has 0 atom stereocenters. The Hall–Kier alpha value is -1.82. The summed E-state index contributed by atoms with van der Waals surface area (Å²) in [4.78, 5) is 9.94. The van der Waals surface area contributed by atoms with Gasteiger partial charge in [0.1, 0.15) is 5.69 Å². The molecule has 4 N–H and O–H groups in total. The van der Waals surface area contributed by atoms with Gasteiger partial charge in [-0.15, -0.1) is 0 Å². The lowest BCUT2D eigenvalue weighted by atomic mass is 10.2. The maximum Gasteiger partial charge on any atom is 0.292 e. The summed E-state index contributed by atoms with van der Waals surface area (Å²) in [7, 11) is 0. The van der Waals surface area contributed by atoms with E-state index in [4.69, 9.17) is 10.8 Å². The first kappa shape index (κ1) is 11.3. The lowest BCUT2D eigenvalue weighted by Crippen LogP contribution is -2.04. The summed E-state index contributed by atoms with van der Waals surface area (Å²) in [6.07, 6.45) is 0.622. The van der Waals surface area contributed by atoms with Crippen LogP contribution in [0.4, 0.5) is 17.1 Å². The summed E-state index contributed by atoms with van der Waals surface area (Å²) in [5, 5.41) is 22.0. The van der Waals surface area contributed by atoms with Crippen LogP contribution in [0.5, 0.6) is 0 Å². The molecule has 0 spiro atoms. The second-order valence-corrected chi connectivity index (χ2v) is 3.03. The van der Waals surface area contributed by atoms with Crippen molar-refractivity contribution in [1.29, 1.82) is 0 Å². The molecule has 0 aliphatic carbocycles. The highest BCUT2D eigenvalue weighted by Gasteiger charge is 2.10. The highest BCUT2D eigenvalue weighted by Crippen LogP contribution is 2.24. The lowest BCUT2D eigenvalue weighted by molar-refractivity contribution is -0.383. The zero-order chi connectivity index (χ0) is 11.3. The van der Waals surface area contributed by atoms with Gasteiger partial charge in [0, 0.05) is 24.9 Å². The van der Waals surface area contributed by atoms with E-state index in [0.717, 1.165) is 0 Å². The number of aliphatic hydroxyl groups is 1. The van der Waals surface area contributed by atoms with E-state index in [-0.39, 0.29) is 18.0 Å². The van der Waals surface area contributed by atoms with E-state index in [1.54, 1.807) is 6.07 Å². The number of aliphatic hydroxyl groups excluding tert-OH is 1. The molecule has 0 radical (unpaired) electrons. The van der Waals surface area contributed by atoms with Crippen molar-refractivity contribution in [2.24, 2.45) is 0 Å². The van der Waals surface area contributed by atoms with Crippen molar-refractivity contribution >= 4 is 17.1 Å². The highest BCUT2D eigenvalue weighted by molar-refractivity contribution is 5.65. The van der Waals surface area contributed by atoms with Crippen molar-refractivity contribution in [2.75, 3.05) is 24.2 Å². The minimum atomic E-state index is -0.521. The Morgan fingerprint density at radius 2 is 2.27 bits per heavy atom. The number of rotatable bonds is 5. The molecule has 6 heteroatoms. The van der Waals surface area contributed by atoms with Crippen LogP contribution in [-0.4, -0.2) is 23.2 Å². The normalized spacial score (nSPS) is 9.93. The summed E-state index contributed by atoms with van der Waals surface area (Å²) >= 11 is 0. The number of hydrogen-bond donors (Lipinski definition) is 3. The third-order valence-corrected chi connectivity index (χ3v) is 1.89. The largest absolute Gasteiger partial charge is 0.396 e. The van der Waals surface area contributed by atoms with Gasteiger partial charge >= 0.3 is 0 Å². The van der Waals surface area contributed by atoms with E-state index in [1.165, 1.54) is 12.1 Å². The first-order valence-electron chi connectivity index (χ1n) is 4.54. The van der Waals surface area contributed by atoms with Gasteiger partial charge < -0.3 is 16.2 Å². The smallest absolute Gasteiger partial charge is 0.292 e. The van der Waals surface area contributed by atoms with Gasteiger partial charge in [0.05, 0.1) is 4.92 Å². The van der Waals surface area contributed by atoms with Crippen molar-refractivity contribution in [3.8, 4) is 0 Å². The Morgan fingerprint density at radius 1 is 1.53 bits per heavy atom. The molecule has 0 saturated heterocycles. The van der Waals surface area contributed by atoms with Gasteiger partial charge in [-0.2, -0.15) is 0 Å². The van der Waals surface area contributed by atoms with Crippen LogP contribution in [-0.2, 0) is 0 Å². The van der Waals surface area contributed by atoms with Crippen LogP contribution in [0.15, 0.2) is 18.2 Å². The van der Waals surface area contributed by atoms with Gasteiger partial charge in [0.15, 0.2) is 0 Å². The molecular weight excluding hydrogens is 198 g/mol. The number of benzene rings is 1. The number of nitrogens with two attached hydrogens (primary N) is 1. The first-order valence-corrected chi connectivity index (χ1v) is 4.54. The quantitative estimate of drug-likeness (QED) is 0.291. The van der Waals surface area contributed by atoms with Crippen LogP contribution in [0.25, 0.3) is 0 Å². The maximum atomic E-state index is 10.5. The second kappa shape index (κ2) is 5.16. The number of hydrogen-bond acceptors (Lipinski definition) is 5.